The normalized spacial score (nSPS) is 23.6. The zero-order chi connectivity index (χ0) is 19.7. The van der Waals surface area contributed by atoms with Crippen LogP contribution in [-0.2, 0) is 6.67 Å². The highest BCUT2D eigenvalue weighted by molar-refractivity contribution is 5.57. The first-order chi connectivity index (χ1) is 12.7. The molecule has 0 radical (unpaired) electrons. The van der Waals surface area contributed by atoms with Gasteiger partial charge in [0.15, 0.2) is 0 Å². The summed E-state index contributed by atoms with van der Waals surface area (Å²) in [6, 6.07) is 6.38. The van der Waals surface area contributed by atoms with Crippen molar-refractivity contribution in [2.75, 3.05) is 37.6 Å². The average molecular weight is 375 g/mol. The van der Waals surface area contributed by atoms with E-state index < -0.39 is 0 Å². The molecule has 1 aromatic rings. The highest BCUT2D eigenvalue weighted by Crippen LogP contribution is 2.53. The van der Waals surface area contributed by atoms with Crippen molar-refractivity contribution < 1.29 is 4.39 Å². The summed E-state index contributed by atoms with van der Waals surface area (Å²) in [5, 5.41) is 0. The highest BCUT2D eigenvalue weighted by Gasteiger charge is 2.40. The van der Waals surface area contributed by atoms with Crippen LogP contribution in [0.25, 0.3) is 0 Å². The lowest BCUT2D eigenvalue weighted by Crippen LogP contribution is -2.47. The van der Waals surface area contributed by atoms with Gasteiger partial charge < -0.3 is 4.90 Å². The Bertz CT molecular complexity index is 613. The van der Waals surface area contributed by atoms with Crippen LogP contribution in [0.4, 0.5) is 10.1 Å². The largest absolute Gasteiger partial charge is 0.369 e. The Morgan fingerprint density at radius 3 is 2.19 bits per heavy atom. The molecule has 1 heterocycles. The first kappa shape index (κ1) is 20.6. The van der Waals surface area contributed by atoms with Gasteiger partial charge in [-0.2, -0.15) is 0 Å². The van der Waals surface area contributed by atoms with Crippen molar-refractivity contribution in [1.29, 1.82) is 0 Å². The molecule has 1 saturated carbocycles. The van der Waals surface area contributed by atoms with E-state index in [1.165, 1.54) is 43.5 Å². The fraction of sp³-hybridized carbons (Fsp3) is 0.750. The number of benzene rings is 1. The maximum atomic E-state index is 13.5. The second kappa shape index (κ2) is 8.11. The predicted molar refractivity (Wildman–Crippen MR) is 114 cm³/mol. The molecule has 152 valence electrons. The Kier molecular flexibility index (Phi) is 6.20. The van der Waals surface area contributed by atoms with Crippen molar-refractivity contribution >= 4 is 5.69 Å². The third-order valence-corrected chi connectivity index (χ3v) is 6.49. The number of anilines is 1. The van der Waals surface area contributed by atoms with Gasteiger partial charge in [-0.25, -0.2) is 4.39 Å². The first-order valence-electron chi connectivity index (χ1n) is 10.9. The van der Waals surface area contributed by atoms with E-state index in [1.807, 2.05) is 6.07 Å². The van der Waals surface area contributed by atoms with Crippen LogP contribution in [0, 0.1) is 10.8 Å². The topological polar surface area (TPSA) is 6.48 Å². The smallest absolute Gasteiger partial charge is 0.115 e. The van der Waals surface area contributed by atoms with Crippen molar-refractivity contribution in [3.8, 4) is 0 Å². The van der Waals surface area contributed by atoms with Gasteiger partial charge in [-0.05, 0) is 66.2 Å². The van der Waals surface area contributed by atoms with E-state index in [0.717, 1.165) is 31.7 Å². The second-order valence-electron chi connectivity index (χ2n) is 10.5. The Labute approximate surface area is 166 Å². The fourth-order valence-corrected chi connectivity index (χ4v) is 5.90. The van der Waals surface area contributed by atoms with Crippen LogP contribution >= 0.6 is 0 Å². The molecule has 27 heavy (non-hydrogen) atoms. The quantitative estimate of drug-likeness (QED) is 0.623. The molecule has 2 aliphatic rings. The van der Waals surface area contributed by atoms with Gasteiger partial charge in [-0.3, -0.25) is 4.90 Å². The lowest BCUT2D eigenvalue weighted by Gasteiger charge is -2.46. The van der Waals surface area contributed by atoms with Crippen molar-refractivity contribution in [3.05, 3.63) is 29.3 Å². The van der Waals surface area contributed by atoms with Crippen LogP contribution < -0.4 is 4.90 Å². The molecule has 0 aromatic heterocycles. The molecule has 0 bridgehead atoms. The summed E-state index contributed by atoms with van der Waals surface area (Å²) >= 11 is 0. The monoisotopic (exact) mass is 374 g/mol. The van der Waals surface area contributed by atoms with Gasteiger partial charge in [0, 0.05) is 31.9 Å². The molecular weight excluding hydrogens is 335 g/mol. The van der Waals surface area contributed by atoms with E-state index in [9.17, 15) is 4.39 Å². The van der Waals surface area contributed by atoms with Gasteiger partial charge in [0.05, 0.1) is 0 Å². The maximum absolute atomic E-state index is 13.5. The number of piperazine rings is 1. The molecule has 0 unspecified atom stereocenters. The minimum atomic E-state index is -0.364. The van der Waals surface area contributed by atoms with Crippen molar-refractivity contribution in [2.24, 2.45) is 10.8 Å². The molecule has 1 aromatic carbocycles. The molecule has 0 N–H and O–H groups in total. The molecule has 0 amide bonds. The van der Waals surface area contributed by atoms with Crippen LogP contribution in [-0.4, -0.2) is 37.6 Å². The van der Waals surface area contributed by atoms with Gasteiger partial charge in [0.2, 0.25) is 0 Å². The SMILES string of the molecule is CCCN1CCN(c2ccc(CF)cc2C2CC(C)(C)CC(C)(C)C2)CC1. The molecule has 2 fully saturated rings. The molecule has 0 spiro atoms. The van der Waals surface area contributed by atoms with Crippen molar-refractivity contribution in [2.45, 2.75) is 72.9 Å². The number of hydrogen-bond donors (Lipinski definition) is 0. The van der Waals surface area contributed by atoms with Crippen LogP contribution in [0.2, 0.25) is 0 Å². The maximum Gasteiger partial charge on any atom is 0.115 e. The number of rotatable bonds is 5. The molecule has 1 aliphatic carbocycles. The van der Waals surface area contributed by atoms with E-state index in [0.29, 0.717) is 16.7 Å². The number of halogens is 1. The first-order valence-corrected chi connectivity index (χ1v) is 10.9. The second-order valence-corrected chi connectivity index (χ2v) is 10.5. The van der Waals surface area contributed by atoms with Crippen LogP contribution in [0.1, 0.15) is 77.3 Å². The van der Waals surface area contributed by atoms with E-state index >= 15 is 0 Å². The highest BCUT2D eigenvalue weighted by atomic mass is 19.1. The molecule has 0 atom stereocenters. The van der Waals surface area contributed by atoms with Gasteiger partial charge in [0.25, 0.3) is 0 Å². The van der Waals surface area contributed by atoms with Crippen LogP contribution in [0.15, 0.2) is 18.2 Å². The third-order valence-electron chi connectivity index (χ3n) is 6.49. The summed E-state index contributed by atoms with van der Waals surface area (Å²) in [5.74, 6) is 0.527. The minimum absolute atomic E-state index is 0.342. The minimum Gasteiger partial charge on any atom is -0.369 e. The van der Waals surface area contributed by atoms with E-state index in [1.54, 1.807) is 0 Å². The van der Waals surface area contributed by atoms with Crippen molar-refractivity contribution in [3.63, 3.8) is 0 Å². The Morgan fingerprint density at radius 2 is 1.63 bits per heavy atom. The van der Waals surface area contributed by atoms with Crippen molar-refractivity contribution in [1.82, 2.24) is 4.90 Å². The summed E-state index contributed by atoms with van der Waals surface area (Å²) in [6.07, 6.45) is 4.90. The summed E-state index contributed by atoms with van der Waals surface area (Å²) in [7, 11) is 0. The van der Waals surface area contributed by atoms with E-state index in [2.05, 4.69) is 56.6 Å². The summed E-state index contributed by atoms with van der Waals surface area (Å²) < 4.78 is 13.5. The number of hydrogen-bond acceptors (Lipinski definition) is 2. The Hall–Kier alpha value is -1.09. The molecule has 3 rings (SSSR count). The van der Waals surface area contributed by atoms with Crippen LogP contribution in [0.3, 0.4) is 0 Å². The van der Waals surface area contributed by atoms with Gasteiger partial charge in [-0.1, -0.05) is 46.8 Å². The zero-order valence-electron chi connectivity index (χ0n) is 18.2. The number of alkyl halides is 1. The number of nitrogens with zero attached hydrogens (tertiary/aromatic N) is 2. The summed E-state index contributed by atoms with van der Waals surface area (Å²) in [5.41, 5.74) is 4.28. The fourth-order valence-electron chi connectivity index (χ4n) is 5.90. The Morgan fingerprint density at radius 1 is 1.00 bits per heavy atom. The van der Waals surface area contributed by atoms with E-state index in [-0.39, 0.29) is 6.67 Å². The van der Waals surface area contributed by atoms with Gasteiger partial charge >= 0.3 is 0 Å². The molecule has 2 nitrogen and oxygen atoms in total. The zero-order valence-corrected chi connectivity index (χ0v) is 18.2. The summed E-state index contributed by atoms with van der Waals surface area (Å²) in [4.78, 5) is 5.12. The van der Waals surface area contributed by atoms with E-state index in [4.69, 9.17) is 0 Å². The summed E-state index contributed by atoms with van der Waals surface area (Å²) in [6.45, 7) is 17.2. The molecule has 1 aliphatic heterocycles. The third kappa shape index (κ3) is 5.04. The lowest BCUT2D eigenvalue weighted by molar-refractivity contribution is 0.0969. The predicted octanol–water partition coefficient (Wildman–Crippen LogP) is 6.01. The standard InChI is InChI=1S/C24H39FN2/c1-6-9-26-10-12-27(13-11-26)22-8-7-19(17-25)14-21(22)20-15-23(2,3)18-24(4,5)16-20/h7-8,14,20H,6,9-13,15-18H2,1-5H3. The average Bonchev–Trinajstić information content (AvgIpc) is 2.59. The van der Waals surface area contributed by atoms with Gasteiger partial charge in [-0.15, -0.1) is 0 Å². The molecule has 1 saturated heterocycles. The Balaban J connectivity index is 1.88. The molecule has 3 heteroatoms. The van der Waals surface area contributed by atoms with Gasteiger partial charge in [0.1, 0.15) is 6.67 Å². The molecular formula is C24H39FN2. The van der Waals surface area contributed by atoms with Crippen LogP contribution in [0.5, 0.6) is 0 Å². The lowest BCUT2D eigenvalue weighted by atomic mass is 9.60.